The highest BCUT2D eigenvalue weighted by Crippen LogP contribution is 2.08. The summed E-state index contributed by atoms with van der Waals surface area (Å²) in [6, 6.07) is -1.15. The molecule has 0 saturated carbocycles. The Morgan fingerprint density at radius 1 is 1.47 bits per heavy atom. The maximum Gasteiger partial charge on any atom is 0.331 e. The minimum Gasteiger partial charge on any atom is -0.480 e. The quantitative estimate of drug-likeness (QED) is 0.438. The fourth-order valence-electron chi connectivity index (χ4n) is 0.933. The Morgan fingerprint density at radius 3 is 2.47 bits per heavy atom. The first-order chi connectivity index (χ1) is 6.99. The average Bonchev–Trinajstić information content (AvgIpc) is 2.15. The first-order valence-electron chi connectivity index (χ1n) is 4.38. The van der Waals surface area contributed by atoms with Gasteiger partial charge in [0, 0.05) is 12.0 Å². The van der Waals surface area contributed by atoms with Crippen molar-refractivity contribution >= 4 is 23.7 Å². The number of nitrogens with two attached hydrogens (primary N) is 1. The number of rotatable bonds is 7. The van der Waals surface area contributed by atoms with Gasteiger partial charge in [0.2, 0.25) is 0 Å². The van der Waals surface area contributed by atoms with Crippen LogP contribution in [0.15, 0.2) is 11.6 Å². The minimum absolute atomic E-state index is 0.0685. The molecule has 4 N–H and O–H groups in total. The molecule has 0 unspecified atom stereocenters. The normalized spacial score (nSPS) is 13.6. The van der Waals surface area contributed by atoms with Crippen molar-refractivity contribution in [2.75, 3.05) is 12.0 Å². The van der Waals surface area contributed by atoms with Crippen LogP contribution in [0.25, 0.3) is 0 Å². The van der Waals surface area contributed by atoms with Crippen LogP contribution in [0.2, 0.25) is 0 Å². The number of carboxylic acids is 2. The zero-order valence-electron chi connectivity index (χ0n) is 8.47. The largest absolute Gasteiger partial charge is 0.480 e. The number of aliphatic carboxylic acids is 2. The maximum atomic E-state index is 10.7. The maximum absolute atomic E-state index is 10.7. The van der Waals surface area contributed by atoms with Gasteiger partial charge in [0.25, 0.3) is 0 Å². The molecule has 5 nitrogen and oxygen atoms in total. The van der Waals surface area contributed by atoms with Gasteiger partial charge in [-0.15, -0.1) is 0 Å². The summed E-state index contributed by atoms with van der Waals surface area (Å²) in [5, 5.41) is 17.3. The van der Waals surface area contributed by atoms with E-state index in [0.717, 1.165) is 5.75 Å². The SMILES string of the molecule is CSCCC=C(C[C@H](N)C(=O)O)C(=O)O. The van der Waals surface area contributed by atoms with Gasteiger partial charge in [-0.25, -0.2) is 4.79 Å². The second kappa shape index (κ2) is 7.30. The summed E-state index contributed by atoms with van der Waals surface area (Å²) >= 11 is 1.60. The van der Waals surface area contributed by atoms with Gasteiger partial charge in [0.15, 0.2) is 0 Å². The molecule has 0 aromatic heterocycles. The highest BCUT2D eigenvalue weighted by atomic mass is 32.2. The molecule has 0 aromatic carbocycles. The van der Waals surface area contributed by atoms with Gasteiger partial charge in [-0.05, 0) is 18.4 Å². The molecule has 0 aliphatic heterocycles. The van der Waals surface area contributed by atoms with E-state index in [1.54, 1.807) is 11.8 Å². The van der Waals surface area contributed by atoms with E-state index in [0.29, 0.717) is 6.42 Å². The van der Waals surface area contributed by atoms with E-state index in [-0.39, 0.29) is 12.0 Å². The second-order valence-corrected chi connectivity index (χ2v) is 3.95. The van der Waals surface area contributed by atoms with Crippen LogP contribution < -0.4 is 5.73 Å². The molecular formula is C9H15NO4S. The number of allylic oxidation sites excluding steroid dienone is 1. The molecule has 0 amide bonds. The highest BCUT2D eigenvalue weighted by molar-refractivity contribution is 7.98. The molecule has 1 atom stereocenters. The Morgan fingerprint density at radius 2 is 2.07 bits per heavy atom. The monoisotopic (exact) mass is 233 g/mol. The molecule has 0 bridgehead atoms. The lowest BCUT2D eigenvalue weighted by molar-refractivity contribution is -0.138. The van der Waals surface area contributed by atoms with Crippen molar-refractivity contribution in [3.63, 3.8) is 0 Å². The van der Waals surface area contributed by atoms with Crippen LogP contribution in [-0.4, -0.2) is 40.2 Å². The Balaban J connectivity index is 4.34. The third-order valence-electron chi connectivity index (χ3n) is 1.74. The molecule has 6 heteroatoms. The van der Waals surface area contributed by atoms with Gasteiger partial charge in [0.1, 0.15) is 6.04 Å². The first kappa shape index (κ1) is 14.0. The predicted molar refractivity (Wildman–Crippen MR) is 58.9 cm³/mol. The van der Waals surface area contributed by atoms with Crippen molar-refractivity contribution in [3.05, 3.63) is 11.6 Å². The molecular weight excluding hydrogens is 218 g/mol. The Hall–Kier alpha value is -1.01. The first-order valence-corrected chi connectivity index (χ1v) is 5.78. The summed E-state index contributed by atoms with van der Waals surface area (Å²) in [4.78, 5) is 21.2. The summed E-state index contributed by atoms with van der Waals surface area (Å²) in [5.41, 5.74) is 5.32. The van der Waals surface area contributed by atoms with Crippen LogP contribution in [0.1, 0.15) is 12.8 Å². The fourth-order valence-corrected chi connectivity index (χ4v) is 1.29. The van der Waals surface area contributed by atoms with Crippen molar-refractivity contribution in [2.45, 2.75) is 18.9 Å². The van der Waals surface area contributed by atoms with Gasteiger partial charge in [-0.2, -0.15) is 11.8 Å². The highest BCUT2D eigenvalue weighted by Gasteiger charge is 2.17. The Kier molecular flexibility index (Phi) is 6.81. The van der Waals surface area contributed by atoms with E-state index in [9.17, 15) is 9.59 Å². The second-order valence-electron chi connectivity index (χ2n) is 2.96. The van der Waals surface area contributed by atoms with Crippen molar-refractivity contribution in [2.24, 2.45) is 5.73 Å². The van der Waals surface area contributed by atoms with E-state index >= 15 is 0 Å². The predicted octanol–water partition coefficient (Wildman–Crippen LogP) is 0.552. The van der Waals surface area contributed by atoms with Crippen LogP contribution in [0.5, 0.6) is 0 Å². The number of carboxylic acid groups (broad SMARTS) is 2. The third kappa shape index (κ3) is 6.14. The van der Waals surface area contributed by atoms with Gasteiger partial charge in [-0.3, -0.25) is 4.79 Å². The molecule has 0 aliphatic carbocycles. The van der Waals surface area contributed by atoms with Crippen molar-refractivity contribution in [1.82, 2.24) is 0 Å². The lowest BCUT2D eigenvalue weighted by Gasteiger charge is -2.06. The molecule has 0 radical (unpaired) electrons. The molecule has 15 heavy (non-hydrogen) atoms. The standard InChI is InChI=1S/C9H15NO4S/c1-15-4-2-3-6(8(11)12)5-7(10)9(13)14/h3,7H,2,4-5,10H2,1H3,(H,11,12)(H,13,14)/t7-/m0/s1. The lowest BCUT2D eigenvalue weighted by Crippen LogP contribution is -2.31. The van der Waals surface area contributed by atoms with E-state index in [4.69, 9.17) is 15.9 Å². The fraction of sp³-hybridized carbons (Fsp3) is 0.556. The molecule has 0 aromatic rings. The summed E-state index contributed by atoms with van der Waals surface area (Å²) in [5.74, 6) is -1.49. The van der Waals surface area contributed by atoms with Crippen LogP contribution in [0.3, 0.4) is 0 Å². The molecule has 0 spiro atoms. The lowest BCUT2D eigenvalue weighted by atomic mass is 10.1. The van der Waals surface area contributed by atoms with E-state index in [1.165, 1.54) is 6.08 Å². The average molecular weight is 233 g/mol. The Labute approximate surface area is 92.3 Å². The smallest absolute Gasteiger partial charge is 0.331 e. The number of hydrogen-bond acceptors (Lipinski definition) is 4. The molecule has 0 rings (SSSR count). The van der Waals surface area contributed by atoms with Crippen molar-refractivity contribution in [3.8, 4) is 0 Å². The zero-order chi connectivity index (χ0) is 11.8. The molecule has 0 aliphatic rings. The minimum atomic E-state index is -1.19. The molecule has 0 fully saturated rings. The van der Waals surface area contributed by atoms with Gasteiger partial charge >= 0.3 is 11.9 Å². The number of carbonyl (C=O) groups is 2. The van der Waals surface area contributed by atoms with Crippen LogP contribution >= 0.6 is 11.8 Å². The summed E-state index contributed by atoms with van der Waals surface area (Å²) in [6.45, 7) is 0. The van der Waals surface area contributed by atoms with Crippen LogP contribution in [0, 0.1) is 0 Å². The summed E-state index contributed by atoms with van der Waals surface area (Å²) in [6.07, 6.45) is 3.91. The van der Waals surface area contributed by atoms with Gasteiger partial charge in [0.05, 0.1) is 0 Å². The van der Waals surface area contributed by atoms with Crippen molar-refractivity contribution in [1.29, 1.82) is 0 Å². The van der Waals surface area contributed by atoms with E-state index < -0.39 is 18.0 Å². The van der Waals surface area contributed by atoms with E-state index in [2.05, 4.69) is 0 Å². The van der Waals surface area contributed by atoms with Crippen LogP contribution in [-0.2, 0) is 9.59 Å². The third-order valence-corrected chi connectivity index (χ3v) is 2.39. The number of thioether (sulfide) groups is 1. The zero-order valence-corrected chi connectivity index (χ0v) is 9.29. The van der Waals surface area contributed by atoms with Crippen LogP contribution in [0.4, 0.5) is 0 Å². The molecule has 0 heterocycles. The number of hydrogen-bond donors (Lipinski definition) is 3. The van der Waals surface area contributed by atoms with Crippen molar-refractivity contribution < 1.29 is 19.8 Å². The molecule has 0 saturated heterocycles. The Bertz CT molecular complexity index is 265. The summed E-state index contributed by atoms with van der Waals surface area (Å²) < 4.78 is 0. The molecule has 86 valence electrons. The van der Waals surface area contributed by atoms with E-state index in [1.807, 2.05) is 6.26 Å². The summed E-state index contributed by atoms with van der Waals surface area (Å²) in [7, 11) is 0. The topological polar surface area (TPSA) is 101 Å². The van der Waals surface area contributed by atoms with Gasteiger partial charge < -0.3 is 15.9 Å². The van der Waals surface area contributed by atoms with Gasteiger partial charge in [-0.1, -0.05) is 6.08 Å².